The second-order valence-corrected chi connectivity index (χ2v) is 7.07. The molecule has 0 fully saturated rings. The summed E-state index contributed by atoms with van der Waals surface area (Å²) in [6.45, 7) is 6.35. The van der Waals surface area contributed by atoms with Gasteiger partial charge in [-0.1, -0.05) is 31.5 Å². The molecule has 2 rings (SSSR count). The molecule has 2 aromatic carbocycles. The van der Waals surface area contributed by atoms with Gasteiger partial charge in [0.15, 0.2) is 10.2 Å². The predicted octanol–water partition coefficient (Wildman–Crippen LogP) is 4.83. The van der Waals surface area contributed by atoms with E-state index in [9.17, 15) is 0 Å². The second kappa shape index (κ2) is 10.1. The van der Waals surface area contributed by atoms with Crippen LogP contribution in [-0.2, 0) is 6.42 Å². The van der Waals surface area contributed by atoms with Crippen molar-refractivity contribution in [3.8, 4) is 0 Å². The van der Waals surface area contributed by atoms with Crippen molar-refractivity contribution in [1.82, 2.24) is 10.9 Å². The van der Waals surface area contributed by atoms with Gasteiger partial charge in [-0.3, -0.25) is 10.9 Å². The lowest BCUT2D eigenvalue weighted by Crippen LogP contribution is -2.45. The van der Waals surface area contributed by atoms with Crippen LogP contribution < -0.4 is 21.5 Å². The Morgan fingerprint density at radius 2 is 1.38 bits per heavy atom. The maximum absolute atomic E-state index is 5.29. The second-order valence-electron chi connectivity index (χ2n) is 6.26. The molecule has 0 spiro atoms. The molecule has 26 heavy (non-hydrogen) atoms. The van der Waals surface area contributed by atoms with Crippen LogP contribution in [0.5, 0.6) is 0 Å². The van der Waals surface area contributed by atoms with E-state index in [0.717, 1.165) is 17.8 Å². The summed E-state index contributed by atoms with van der Waals surface area (Å²) in [6, 6.07) is 14.4. The van der Waals surface area contributed by atoms with Gasteiger partial charge in [-0.25, -0.2) is 0 Å². The zero-order chi connectivity index (χ0) is 18.9. The Bertz CT molecular complexity index is 757. The fourth-order valence-corrected chi connectivity index (χ4v) is 2.73. The Labute approximate surface area is 166 Å². The van der Waals surface area contributed by atoms with E-state index in [0.29, 0.717) is 10.2 Å². The van der Waals surface area contributed by atoms with Crippen LogP contribution in [0.3, 0.4) is 0 Å². The summed E-state index contributed by atoms with van der Waals surface area (Å²) < 4.78 is 0. The molecule has 0 unspecified atom stereocenters. The summed E-state index contributed by atoms with van der Waals surface area (Å²) in [7, 11) is 0. The van der Waals surface area contributed by atoms with Gasteiger partial charge in [-0.15, -0.1) is 0 Å². The van der Waals surface area contributed by atoms with E-state index in [1.54, 1.807) is 0 Å². The molecule has 4 N–H and O–H groups in total. The van der Waals surface area contributed by atoms with E-state index in [4.69, 9.17) is 24.4 Å². The molecule has 0 aliphatic carbocycles. The molecule has 0 radical (unpaired) electrons. The number of hydrogen-bond donors (Lipinski definition) is 4. The van der Waals surface area contributed by atoms with Crippen LogP contribution in [0.1, 0.15) is 36.5 Å². The highest BCUT2D eigenvalue weighted by molar-refractivity contribution is 7.81. The molecule has 0 heterocycles. The maximum Gasteiger partial charge on any atom is 0.189 e. The Hall–Kier alpha value is -2.18. The van der Waals surface area contributed by atoms with Crippen molar-refractivity contribution in [3.05, 3.63) is 59.2 Å². The highest BCUT2D eigenvalue weighted by atomic mass is 32.1. The van der Waals surface area contributed by atoms with Gasteiger partial charge < -0.3 is 10.6 Å². The highest BCUT2D eigenvalue weighted by Gasteiger charge is 2.02. The number of unbranched alkanes of at least 4 members (excludes halogenated alkanes) is 1. The molecule has 0 aliphatic heterocycles. The van der Waals surface area contributed by atoms with Crippen LogP contribution in [0.4, 0.5) is 11.4 Å². The molecule has 0 atom stereocenters. The van der Waals surface area contributed by atoms with Crippen molar-refractivity contribution in [2.45, 2.75) is 40.0 Å². The Balaban J connectivity index is 1.77. The smallest absolute Gasteiger partial charge is 0.189 e. The fraction of sp³-hybridized carbons (Fsp3) is 0.300. The summed E-state index contributed by atoms with van der Waals surface area (Å²) in [6.07, 6.45) is 3.52. The average molecular weight is 387 g/mol. The number of hydrogen-bond acceptors (Lipinski definition) is 2. The number of thiocarbonyl (C=S) groups is 2. The minimum atomic E-state index is 0.451. The molecule has 0 aliphatic rings. The van der Waals surface area contributed by atoms with E-state index in [1.165, 1.54) is 29.5 Å². The summed E-state index contributed by atoms with van der Waals surface area (Å²) in [5, 5.41) is 7.16. The number of nitrogens with one attached hydrogen (secondary N) is 4. The molecular formula is C20H26N4S2. The third-order valence-electron chi connectivity index (χ3n) is 4.09. The number of anilines is 2. The minimum absolute atomic E-state index is 0.451. The highest BCUT2D eigenvalue weighted by Crippen LogP contribution is 2.14. The van der Waals surface area contributed by atoms with Gasteiger partial charge in [0, 0.05) is 11.4 Å². The molecule has 0 saturated heterocycles. The molecule has 0 aromatic heterocycles. The molecule has 138 valence electrons. The number of hydrazine groups is 1. The lowest BCUT2D eigenvalue weighted by molar-refractivity contribution is 0.795. The van der Waals surface area contributed by atoms with E-state index >= 15 is 0 Å². The van der Waals surface area contributed by atoms with Crippen LogP contribution in [0.2, 0.25) is 0 Å². The van der Waals surface area contributed by atoms with Gasteiger partial charge in [0.25, 0.3) is 0 Å². The van der Waals surface area contributed by atoms with Gasteiger partial charge in [0.05, 0.1) is 0 Å². The zero-order valence-electron chi connectivity index (χ0n) is 15.5. The van der Waals surface area contributed by atoms with Crippen molar-refractivity contribution in [3.63, 3.8) is 0 Å². The lowest BCUT2D eigenvalue weighted by atomic mass is 10.1. The Kier molecular flexibility index (Phi) is 7.81. The fourth-order valence-electron chi connectivity index (χ4n) is 2.39. The summed E-state index contributed by atoms with van der Waals surface area (Å²) in [5.74, 6) is 0. The van der Waals surface area contributed by atoms with E-state index in [1.807, 2.05) is 18.2 Å². The standard InChI is InChI=1S/C20H26N4S2/c1-4-5-6-16-8-11-17(12-9-16)21-19(25)23-24-20(26)22-18-10-7-14(2)15(3)13-18/h7-13H,4-6H2,1-3H3,(H2,21,23,25)(H2,22,24,26). The Morgan fingerprint density at radius 1 is 0.808 bits per heavy atom. The topological polar surface area (TPSA) is 48.1 Å². The zero-order valence-corrected chi connectivity index (χ0v) is 17.1. The first-order chi connectivity index (χ1) is 12.5. The lowest BCUT2D eigenvalue weighted by Gasteiger charge is -2.15. The van der Waals surface area contributed by atoms with E-state index < -0.39 is 0 Å². The third kappa shape index (κ3) is 6.61. The first-order valence-electron chi connectivity index (χ1n) is 8.78. The summed E-state index contributed by atoms with van der Waals surface area (Å²) >= 11 is 10.6. The number of aryl methyl sites for hydroxylation is 3. The van der Waals surface area contributed by atoms with Crippen molar-refractivity contribution < 1.29 is 0 Å². The van der Waals surface area contributed by atoms with E-state index in [2.05, 4.69) is 66.5 Å². The van der Waals surface area contributed by atoms with Crippen LogP contribution in [-0.4, -0.2) is 10.2 Å². The van der Waals surface area contributed by atoms with Gasteiger partial charge in [-0.2, -0.15) is 0 Å². The van der Waals surface area contributed by atoms with Gasteiger partial charge in [0.2, 0.25) is 0 Å². The monoisotopic (exact) mass is 386 g/mol. The van der Waals surface area contributed by atoms with Crippen LogP contribution in [0.15, 0.2) is 42.5 Å². The SMILES string of the molecule is CCCCc1ccc(NC(=S)NNC(=S)Nc2ccc(C)c(C)c2)cc1. The van der Waals surface area contributed by atoms with E-state index in [-0.39, 0.29) is 0 Å². The van der Waals surface area contributed by atoms with Crippen LogP contribution in [0.25, 0.3) is 0 Å². The molecular weight excluding hydrogens is 360 g/mol. The van der Waals surface area contributed by atoms with Crippen molar-refractivity contribution in [1.29, 1.82) is 0 Å². The van der Waals surface area contributed by atoms with Gasteiger partial charge in [-0.05, 0) is 92.1 Å². The normalized spacial score (nSPS) is 10.1. The number of benzene rings is 2. The van der Waals surface area contributed by atoms with Gasteiger partial charge in [0.1, 0.15) is 0 Å². The first-order valence-corrected chi connectivity index (χ1v) is 9.59. The molecule has 6 heteroatoms. The number of rotatable bonds is 5. The first kappa shape index (κ1) is 20.1. The molecule has 0 amide bonds. The van der Waals surface area contributed by atoms with Crippen LogP contribution >= 0.6 is 24.4 Å². The summed E-state index contributed by atoms with van der Waals surface area (Å²) in [5.41, 5.74) is 11.5. The maximum atomic E-state index is 5.29. The van der Waals surface area contributed by atoms with Gasteiger partial charge >= 0.3 is 0 Å². The summed E-state index contributed by atoms with van der Waals surface area (Å²) in [4.78, 5) is 0. The van der Waals surface area contributed by atoms with Crippen LogP contribution in [0, 0.1) is 13.8 Å². The third-order valence-corrected chi connectivity index (χ3v) is 4.49. The molecule has 0 bridgehead atoms. The van der Waals surface area contributed by atoms with Crippen molar-refractivity contribution >= 4 is 46.0 Å². The molecule has 4 nitrogen and oxygen atoms in total. The Morgan fingerprint density at radius 3 is 1.96 bits per heavy atom. The average Bonchev–Trinajstić information content (AvgIpc) is 2.62. The minimum Gasteiger partial charge on any atom is -0.331 e. The predicted molar refractivity (Wildman–Crippen MR) is 120 cm³/mol. The van der Waals surface area contributed by atoms with Crippen molar-refractivity contribution in [2.75, 3.05) is 10.6 Å². The van der Waals surface area contributed by atoms with Crippen molar-refractivity contribution in [2.24, 2.45) is 0 Å². The quantitative estimate of drug-likeness (QED) is 0.436. The molecule has 0 saturated carbocycles. The molecule has 2 aromatic rings. The largest absolute Gasteiger partial charge is 0.331 e.